The van der Waals surface area contributed by atoms with Crippen LogP contribution in [0.25, 0.3) is 0 Å². The van der Waals surface area contributed by atoms with Gasteiger partial charge in [0.2, 0.25) is 10.0 Å². The van der Waals surface area contributed by atoms with E-state index in [1.54, 1.807) is 34.3 Å². The van der Waals surface area contributed by atoms with Gasteiger partial charge in [-0.2, -0.15) is 4.31 Å². The Morgan fingerprint density at radius 1 is 1.19 bits per heavy atom. The zero-order valence-corrected chi connectivity index (χ0v) is 17.4. The zero-order chi connectivity index (χ0) is 20.2. The largest absolute Gasteiger partial charge is 0.331 e. The summed E-state index contributed by atoms with van der Waals surface area (Å²) in [6, 6.07) is 3.28. The molecule has 1 amide bonds. The minimum atomic E-state index is -3.62. The summed E-state index contributed by atoms with van der Waals surface area (Å²) in [4.78, 5) is 14.7. The van der Waals surface area contributed by atoms with Gasteiger partial charge >= 0.3 is 0 Å². The summed E-state index contributed by atoms with van der Waals surface area (Å²) in [6.07, 6.45) is 5.02. The van der Waals surface area contributed by atoms with E-state index in [1.165, 1.54) is 6.07 Å². The number of sulfonamides is 1. The Bertz CT molecular complexity index is 812. The number of carbonyl (C=O) groups is 1. The van der Waals surface area contributed by atoms with Gasteiger partial charge in [-0.1, -0.05) is 19.1 Å². The Hall–Kier alpha value is -1.92. The van der Waals surface area contributed by atoms with Crippen molar-refractivity contribution in [3.05, 3.63) is 54.1 Å². The number of amides is 1. The van der Waals surface area contributed by atoms with Gasteiger partial charge in [-0.15, -0.1) is 13.2 Å². The number of nitrogens with zero attached hydrogens (tertiary/aromatic N) is 2. The number of rotatable bonds is 7. The molecule has 1 aromatic carbocycles. The number of aryl methyl sites for hydroxylation is 1. The number of hydrogen-bond donors (Lipinski definition) is 0. The predicted molar refractivity (Wildman–Crippen MR) is 109 cm³/mol. The first-order valence-corrected chi connectivity index (χ1v) is 10.8. The Morgan fingerprint density at radius 2 is 1.74 bits per heavy atom. The van der Waals surface area contributed by atoms with Gasteiger partial charge in [0.1, 0.15) is 0 Å². The highest BCUT2D eigenvalue weighted by molar-refractivity contribution is 7.89. The average molecular weight is 391 g/mol. The molecule has 0 N–H and O–H groups in total. The van der Waals surface area contributed by atoms with Crippen molar-refractivity contribution in [2.24, 2.45) is 5.92 Å². The van der Waals surface area contributed by atoms with Crippen LogP contribution in [0.1, 0.15) is 41.3 Å². The summed E-state index contributed by atoms with van der Waals surface area (Å²) in [7, 11) is -3.62. The lowest BCUT2D eigenvalue weighted by atomic mass is 10.0. The van der Waals surface area contributed by atoms with Crippen LogP contribution in [0.15, 0.2) is 42.3 Å². The lowest BCUT2D eigenvalue weighted by Crippen LogP contribution is -2.38. The molecule has 1 aromatic rings. The molecule has 1 aliphatic rings. The molecule has 0 atom stereocenters. The SMILES string of the molecule is C=CCN(CC=C)C(=O)c1cc(C)c(C)c(S(=O)(=O)N2CCC(C)CC2)c1. The van der Waals surface area contributed by atoms with E-state index >= 15 is 0 Å². The number of carbonyl (C=O) groups excluding carboxylic acids is 1. The van der Waals surface area contributed by atoms with Crippen molar-refractivity contribution in [2.45, 2.75) is 38.5 Å². The molecule has 5 nitrogen and oxygen atoms in total. The van der Waals surface area contributed by atoms with Gasteiger partial charge in [0.05, 0.1) is 4.90 Å². The van der Waals surface area contributed by atoms with Gasteiger partial charge < -0.3 is 4.90 Å². The molecule has 0 unspecified atom stereocenters. The van der Waals surface area contributed by atoms with E-state index < -0.39 is 10.0 Å². The van der Waals surface area contributed by atoms with Crippen molar-refractivity contribution in [2.75, 3.05) is 26.2 Å². The van der Waals surface area contributed by atoms with Crippen LogP contribution in [0.5, 0.6) is 0 Å². The quantitative estimate of drug-likeness (QED) is 0.669. The van der Waals surface area contributed by atoms with Crippen LogP contribution in [0.4, 0.5) is 0 Å². The molecule has 0 aliphatic carbocycles. The molecule has 0 saturated carbocycles. The topological polar surface area (TPSA) is 57.7 Å². The van der Waals surface area contributed by atoms with Crippen LogP contribution >= 0.6 is 0 Å². The molecule has 148 valence electrons. The lowest BCUT2D eigenvalue weighted by Gasteiger charge is -2.30. The summed E-state index contributed by atoms with van der Waals surface area (Å²) in [5, 5.41) is 0. The van der Waals surface area contributed by atoms with Gasteiger partial charge in [-0.3, -0.25) is 4.79 Å². The van der Waals surface area contributed by atoms with E-state index in [2.05, 4.69) is 20.1 Å². The van der Waals surface area contributed by atoms with Gasteiger partial charge in [0.25, 0.3) is 5.91 Å². The molecule has 0 bridgehead atoms. The molecule has 1 heterocycles. The van der Waals surface area contributed by atoms with Gasteiger partial charge in [-0.25, -0.2) is 8.42 Å². The molecular formula is C21H30N2O3S. The number of hydrogen-bond acceptors (Lipinski definition) is 3. The van der Waals surface area contributed by atoms with Crippen molar-refractivity contribution in [3.63, 3.8) is 0 Å². The van der Waals surface area contributed by atoms with Gasteiger partial charge in [0, 0.05) is 31.7 Å². The summed E-state index contributed by atoms with van der Waals surface area (Å²) in [6.45, 7) is 15.0. The van der Waals surface area contributed by atoms with Crippen LogP contribution in [-0.2, 0) is 10.0 Å². The van der Waals surface area contributed by atoms with Crippen molar-refractivity contribution < 1.29 is 13.2 Å². The number of benzene rings is 1. The Balaban J connectivity index is 2.44. The van der Waals surface area contributed by atoms with Crippen molar-refractivity contribution in [1.82, 2.24) is 9.21 Å². The third-order valence-electron chi connectivity index (χ3n) is 5.21. The van der Waals surface area contributed by atoms with E-state index in [0.717, 1.165) is 18.4 Å². The molecule has 27 heavy (non-hydrogen) atoms. The molecule has 0 spiro atoms. The molecule has 6 heteroatoms. The molecule has 0 aromatic heterocycles. The van der Waals surface area contributed by atoms with Crippen LogP contribution in [0, 0.1) is 19.8 Å². The van der Waals surface area contributed by atoms with E-state index in [0.29, 0.717) is 43.2 Å². The van der Waals surface area contributed by atoms with Crippen LogP contribution in [-0.4, -0.2) is 49.7 Å². The zero-order valence-electron chi connectivity index (χ0n) is 16.6. The van der Waals surface area contributed by atoms with Crippen LogP contribution in [0.3, 0.4) is 0 Å². The highest BCUT2D eigenvalue weighted by Gasteiger charge is 2.30. The Labute approximate surface area is 163 Å². The fourth-order valence-electron chi connectivity index (χ4n) is 3.32. The average Bonchev–Trinajstić information content (AvgIpc) is 2.63. The van der Waals surface area contributed by atoms with Crippen molar-refractivity contribution in [1.29, 1.82) is 0 Å². The second-order valence-electron chi connectivity index (χ2n) is 7.29. The Kier molecular flexibility index (Phi) is 7.00. The van der Waals surface area contributed by atoms with Crippen molar-refractivity contribution >= 4 is 15.9 Å². The highest BCUT2D eigenvalue weighted by atomic mass is 32.2. The Morgan fingerprint density at radius 3 is 2.26 bits per heavy atom. The van der Waals surface area contributed by atoms with Crippen LogP contribution < -0.4 is 0 Å². The normalized spacial score (nSPS) is 16.1. The van der Waals surface area contributed by atoms with E-state index in [4.69, 9.17) is 0 Å². The summed E-state index contributed by atoms with van der Waals surface area (Å²) in [5.74, 6) is 0.320. The van der Waals surface area contributed by atoms with Gasteiger partial charge in [-0.05, 0) is 55.9 Å². The second kappa shape index (κ2) is 8.85. The summed E-state index contributed by atoms with van der Waals surface area (Å²) < 4.78 is 28.0. The third kappa shape index (κ3) is 4.68. The maximum absolute atomic E-state index is 13.2. The second-order valence-corrected chi connectivity index (χ2v) is 9.20. The lowest BCUT2D eigenvalue weighted by molar-refractivity contribution is 0.0790. The molecule has 2 rings (SSSR count). The maximum atomic E-state index is 13.2. The summed E-state index contributed by atoms with van der Waals surface area (Å²) in [5.41, 5.74) is 1.87. The van der Waals surface area contributed by atoms with Crippen LogP contribution in [0.2, 0.25) is 0 Å². The van der Waals surface area contributed by atoms with E-state index in [1.807, 2.05) is 6.92 Å². The summed E-state index contributed by atoms with van der Waals surface area (Å²) >= 11 is 0. The van der Waals surface area contributed by atoms with E-state index in [-0.39, 0.29) is 10.8 Å². The number of piperidine rings is 1. The fourth-order valence-corrected chi connectivity index (χ4v) is 5.11. The first-order chi connectivity index (χ1) is 12.7. The minimum absolute atomic E-state index is 0.221. The van der Waals surface area contributed by atoms with Crippen molar-refractivity contribution in [3.8, 4) is 0 Å². The predicted octanol–water partition coefficient (Wildman–Crippen LogP) is 3.54. The fraction of sp³-hybridized carbons (Fsp3) is 0.476. The first-order valence-electron chi connectivity index (χ1n) is 9.34. The third-order valence-corrected chi connectivity index (χ3v) is 7.24. The highest BCUT2D eigenvalue weighted by Crippen LogP contribution is 2.28. The molecule has 1 fully saturated rings. The van der Waals surface area contributed by atoms with Gasteiger partial charge in [0.15, 0.2) is 0 Å². The first kappa shape index (κ1) is 21.4. The monoisotopic (exact) mass is 390 g/mol. The smallest absolute Gasteiger partial charge is 0.254 e. The molecule has 0 radical (unpaired) electrons. The molecular weight excluding hydrogens is 360 g/mol. The minimum Gasteiger partial charge on any atom is -0.331 e. The molecule has 1 aliphatic heterocycles. The molecule has 1 saturated heterocycles. The standard InChI is InChI=1S/C21H30N2O3S/c1-6-10-22(11-7-2)21(24)19-14-17(4)18(5)20(15-19)27(25,26)23-12-8-16(3)9-13-23/h6-7,14-16H,1-2,8-13H2,3-5H3. The maximum Gasteiger partial charge on any atom is 0.254 e. The van der Waals surface area contributed by atoms with E-state index in [9.17, 15) is 13.2 Å².